The number of rotatable bonds is 12. The van der Waals surface area contributed by atoms with Gasteiger partial charge in [-0.05, 0) is 110 Å². The van der Waals surface area contributed by atoms with Crippen molar-refractivity contribution in [3.8, 4) is 0 Å². The number of nitrogens with zero attached hydrogens (tertiary/aromatic N) is 2. The number of pyridine rings is 1. The minimum absolute atomic E-state index is 0.262. The van der Waals surface area contributed by atoms with Crippen molar-refractivity contribution in [2.24, 2.45) is 0 Å². The summed E-state index contributed by atoms with van der Waals surface area (Å²) in [5, 5.41) is 15.0. The topological polar surface area (TPSA) is 124 Å². The first-order valence-corrected chi connectivity index (χ1v) is 16.0. The van der Waals surface area contributed by atoms with Crippen molar-refractivity contribution in [3.63, 3.8) is 0 Å². The second kappa shape index (κ2) is 15.4. The summed E-state index contributed by atoms with van der Waals surface area (Å²) in [5.41, 5.74) is 4.52. The van der Waals surface area contributed by atoms with Gasteiger partial charge in [-0.3, -0.25) is 14.3 Å². The molecule has 3 aromatic carbocycles. The maximum absolute atomic E-state index is 13.7. The Balaban J connectivity index is 1.30. The van der Waals surface area contributed by atoms with Crippen molar-refractivity contribution < 1.29 is 19.5 Å². The van der Waals surface area contributed by atoms with Gasteiger partial charge in [0, 0.05) is 42.0 Å². The lowest BCUT2D eigenvalue weighted by Gasteiger charge is -2.29. The Morgan fingerprint density at radius 2 is 1.58 bits per heavy atom. The van der Waals surface area contributed by atoms with Crippen LogP contribution < -0.4 is 20.3 Å². The molecule has 0 saturated carbocycles. The van der Waals surface area contributed by atoms with E-state index in [2.05, 4.69) is 25.2 Å². The third-order valence-corrected chi connectivity index (χ3v) is 8.54. The molecule has 1 fully saturated rings. The molecule has 5 rings (SSSR count). The first-order chi connectivity index (χ1) is 21.9. The summed E-state index contributed by atoms with van der Waals surface area (Å²) in [6.45, 7) is 4.66. The van der Waals surface area contributed by atoms with Crippen LogP contribution in [0.1, 0.15) is 68.4 Å². The average molecular weight is 624 g/mol. The summed E-state index contributed by atoms with van der Waals surface area (Å²) in [6, 6.07) is 23.5. The molecular formula is C35H37N5O4S. The van der Waals surface area contributed by atoms with E-state index >= 15 is 0 Å². The fourth-order valence-corrected chi connectivity index (χ4v) is 5.80. The van der Waals surface area contributed by atoms with Crippen LogP contribution in [0.2, 0.25) is 0 Å². The van der Waals surface area contributed by atoms with Crippen molar-refractivity contribution in [2.75, 3.05) is 35.2 Å². The maximum Gasteiger partial charge on any atom is 0.335 e. The van der Waals surface area contributed by atoms with E-state index in [1.54, 1.807) is 36.5 Å². The second-order valence-electron chi connectivity index (χ2n) is 10.9. The zero-order chi connectivity index (χ0) is 31.6. The Bertz CT molecular complexity index is 1640. The van der Waals surface area contributed by atoms with Gasteiger partial charge in [-0.2, -0.15) is 0 Å². The minimum atomic E-state index is -0.944. The van der Waals surface area contributed by atoms with Crippen LogP contribution >= 0.6 is 11.9 Å². The van der Waals surface area contributed by atoms with Crippen LogP contribution in [0.4, 0.5) is 17.2 Å². The molecule has 4 N–H and O–H groups in total. The largest absolute Gasteiger partial charge is 0.478 e. The van der Waals surface area contributed by atoms with Gasteiger partial charge in [-0.1, -0.05) is 31.2 Å². The molecular weight excluding hydrogens is 586 g/mol. The van der Waals surface area contributed by atoms with Gasteiger partial charge in [0.05, 0.1) is 16.8 Å². The summed E-state index contributed by atoms with van der Waals surface area (Å²) in [5.74, 6) is -1.20. The molecule has 1 aliphatic rings. The summed E-state index contributed by atoms with van der Waals surface area (Å²) >= 11 is 1.46. The van der Waals surface area contributed by atoms with Crippen molar-refractivity contribution in [3.05, 3.63) is 113 Å². The van der Waals surface area contributed by atoms with Crippen LogP contribution in [0, 0.1) is 0 Å². The highest BCUT2D eigenvalue weighted by molar-refractivity contribution is 7.97. The van der Waals surface area contributed by atoms with Crippen molar-refractivity contribution in [2.45, 2.75) is 43.9 Å². The summed E-state index contributed by atoms with van der Waals surface area (Å²) in [7, 11) is 0. The van der Waals surface area contributed by atoms with Gasteiger partial charge in [0.25, 0.3) is 11.8 Å². The van der Waals surface area contributed by atoms with Crippen LogP contribution in [-0.4, -0.2) is 47.5 Å². The first kappa shape index (κ1) is 31.7. The molecule has 2 amide bonds. The van der Waals surface area contributed by atoms with Crippen molar-refractivity contribution in [1.29, 1.82) is 0 Å². The Hall–Kier alpha value is -4.67. The molecule has 0 bridgehead atoms. The lowest BCUT2D eigenvalue weighted by Crippen LogP contribution is -2.29. The third-order valence-electron chi connectivity index (χ3n) is 7.62. The van der Waals surface area contributed by atoms with E-state index in [-0.39, 0.29) is 17.4 Å². The van der Waals surface area contributed by atoms with Crippen LogP contribution in [0.3, 0.4) is 0 Å². The number of nitrogens with one attached hydrogen (secondary N) is 3. The quantitative estimate of drug-likeness (QED) is 0.129. The normalized spacial score (nSPS) is 12.9. The number of carbonyl (C=O) groups is 3. The predicted octanol–water partition coefficient (Wildman–Crippen LogP) is 6.68. The van der Waals surface area contributed by atoms with Gasteiger partial charge >= 0.3 is 5.97 Å². The van der Waals surface area contributed by atoms with E-state index in [0.717, 1.165) is 67.0 Å². The minimum Gasteiger partial charge on any atom is -0.478 e. The highest BCUT2D eigenvalue weighted by Gasteiger charge is 2.19. The van der Waals surface area contributed by atoms with Gasteiger partial charge in [0.2, 0.25) is 0 Å². The number of anilines is 3. The average Bonchev–Trinajstić information content (AvgIpc) is 3.08. The smallest absolute Gasteiger partial charge is 0.335 e. The lowest BCUT2D eigenvalue weighted by atomic mass is 10.0. The Morgan fingerprint density at radius 1 is 0.822 bits per heavy atom. The number of amides is 2. The van der Waals surface area contributed by atoms with E-state index in [0.29, 0.717) is 22.6 Å². The van der Waals surface area contributed by atoms with E-state index in [1.165, 1.54) is 18.4 Å². The molecule has 0 aliphatic carbocycles. The maximum atomic E-state index is 13.7. The summed E-state index contributed by atoms with van der Waals surface area (Å²) in [4.78, 5) is 45.7. The predicted molar refractivity (Wildman–Crippen MR) is 179 cm³/mol. The molecule has 9 nitrogen and oxygen atoms in total. The monoisotopic (exact) mass is 623 g/mol. The number of aryl methyl sites for hydroxylation is 2. The molecule has 0 radical (unpaired) electrons. The second-order valence-corrected chi connectivity index (χ2v) is 11.8. The molecule has 10 heteroatoms. The number of hydrogen-bond acceptors (Lipinski definition) is 7. The van der Waals surface area contributed by atoms with Gasteiger partial charge < -0.3 is 20.6 Å². The number of aromatic carboxylic acids is 1. The van der Waals surface area contributed by atoms with Crippen molar-refractivity contribution >= 4 is 46.9 Å². The van der Waals surface area contributed by atoms with E-state index < -0.39 is 5.97 Å². The number of piperidine rings is 1. The van der Waals surface area contributed by atoms with E-state index in [4.69, 9.17) is 5.11 Å². The van der Waals surface area contributed by atoms with E-state index in [9.17, 15) is 14.4 Å². The number of hydrogen-bond donors (Lipinski definition) is 4. The molecule has 0 atom stereocenters. The molecule has 2 heterocycles. The number of aromatic nitrogens is 1. The zero-order valence-corrected chi connectivity index (χ0v) is 26.0. The standard InChI is InChI=1S/C35H37N5O4S/c1-2-37-45-29-8-6-7-27(21-29)33(41)38-31-17-16-28(40-19-4-3-5-20-40)22-30(31)34(42)39-32-18-13-25(23-36-32)10-9-24-11-14-26(15-12-24)35(43)44/h6-8,11-18,21-23,37H,2-5,9-10,19-20H2,1H3,(H,38,41)(H,43,44)(H,36,39,42). The molecule has 1 aliphatic heterocycles. The molecule has 45 heavy (non-hydrogen) atoms. The fraction of sp³-hybridized carbons (Fsp3) is 0.257. The SMILES string of the molecule is CCNSc1cccc(C(=O)Nc2ccc(N3CCCCC3)cc2C(=O)Nc2ccc(CCc3ccc(C(=O)O)cc3)cn2)c1. The van der Waals surface area contributed by atoms with Crippen LogP contribution in [-0.2, 0) is 12.8 Å². The van der Waals surface area contributed by atoms with Crippen molar-refractivity contribution in [1.82, 2.24) is 9.71 Å². The highest BCUT2D eigenvalue weighted by atomic mass is 32.2. The van der Waals surface area contributed by atoms with Gasteiger partial charge in [0.15, 0.2) is 0 Å². The van der Waals surface area contributed by atoms with Gasteiger partial charge in [-0.15, -0.1) is 0 Å². The third kappa shape index (κ3) is 8.71. The molecule has 232 valence electrons. The van der Waals surface area contributed by atoms with E-state index in [1.807, 2.05) is 55.5 Å². The molecule has 0 unspecified atom stereocenters. The number of carbonyl (C=O) groups excluding carboxylic acids is 2. The lowest BCUT2D eigenvalue weighted by molar-refractivity contribution is 0.0696. The molecule has 1 aromatic heterocycles. The van der Waals surface area contributed by atoms with Gasteiger partial charge in [-0.25, -0.2) is 9.78 Å². The summed E-state index contributed by atoms with van der Waals surface area (Å²) < 4.78 is 3.19. The Labute approximate surface area is 267 Å². The molecule has 0 spiro atoms. The van der Waals surface area contributed by atoms with Gasteiger partial charge in [0.1, 0.15) is 5.82 Å². The molecule has 4 aromatic rings. The highest BCUT2D eigenvalue weighted by Crippen LogP contribution is 2.28. The number of benzene rings is 3. The number of carboxylic acids is 1. The number of carboxylic acid groups (broad SMARTS) is 1. The molecule has 1 saturated heterocycles. The van der Waals surface area contributed by atoms with Crippen LogP contribution in [0.5, 0.6) is 0 Å². The first-order valence-electron chi connectivity index (χ1n) is 15.2. The Morgan fingerprint density at radius 3 is 2.29 bits per heavy atom. The fourth-order valence-electron chi connectivity index (χ4n) is 5.16. The summed E-state index contributed by atoms with van der Waals surface area (Å²) in [6.07, 6.45) is 6.58. The van der Waals surface area contributed by atoms with Crippen LogP contribution in [0.25, 0.3) is 0 Å². The Kier molecular flexibility index (Phi) is 10.8. The zero-order valence-electron chi connectivity index (χ0n) is 25.2. The van der Waals surface area contributed by atoms with Crippen LogP contribution in [0.15, 0.2) is 90.0 Å².